The third-order valence-electron chi connectivity index (χ3n) is 4.26. The molecule has 0 spiro atoms. The van der Waals surface area contributed by atoms with Crippen LogP contribution < -0.4 is 5.14 Å². The molecule has 0 saturated carbocycles. The highest BCUT2D eigenvalue weighted by Crippen LogP contribution is 2.27. The number of hydrogen-bond acceptors (Lipinski definition) is 4. The highest BCUT2D eigenvalue weighted by Gasteiger charge is 2.23. The van der Waals surface area contributed by atoms with Crippen molar-refractivity contribution in [1.82, 2.24) is 0 Å². The molecule has 0 aromatic heterocycles. The Labute approximate surface area is 160 Å². The molecule has 3 N–H and O–H groups in total. The van der Waals surface area contributed by atoms with E-state index >= 15 is 0 Å². The Kier molecular flexibility index (Phi) is 5.01. The third-order valence-corrected chi connectivity index (χ3v) is 5.22. The maximum Gasteiger partial charge on any atom is 0.307 e. The van der Waals surface area contributed by atoms with Crippen molar-refractivity contribution in [2.75, 3.05) is 0 Å². The number of nitrogens with two attached hydrogens (primary N) is 1. The maximum atomic E-state index is 13.8. The van der Waals surface area contributed by atoms with Gasteiger partial charge in [0.1, 0.15) is 5.82 Å². The van der Waals surface area contributed by atoms with E-state index in [0.29, 0.717) is 16.5 Å². The molecule has 0 aliphatic heterocycles. The Morgan fingerprint density at radius 2 is 1.75 bits per heavy atom. The van der Waals surface area contributed by atoms with Crippen LogP contribution in [0.5, 0.6) is 0 Å². The summed E-state index contributed by atoms with van der Waals surface area (Å²) in [6, 6.07) is 10.9. The number of benzene rings is 3. The van der Waals surface area contributed by atoms with Crippen LogP contribution in [0.1, 0.15) is 27.0 Å². The maximum absolute atomic E-state index is 13.8. The Bertz CT molecular complexity index is 1230. The minimum Gasteiger partial charge on any atom is -0.481 e. The number of hydrogen-bond donors (Lipinski definition) is 2. The summed E-state index contributed by atoms with van der Waals surface area (Å²) >= 11 is 0. The summed E-state index contributed by atoms with van der Waals surface area (Å²) < 4.78 is 37.7. The summed E-state index contributed by atoms with van der Waals surface area (Å²) in [7, 11) is -4.19. The van der Waals surface area contributed by atoms with Gasteiger partial charge in [0.15, 0.2) is 5.78 Å². The van der Waals surface area contributed by atoms with E-state index in [2.05, 4.69) is 0 Å². The Hall–Kier alpha value is -3.10. The second-order valence-corrected chi connectivity index (χ2v) is 7.98. The molecule has 0 aliphatic carbocycles. The summed E-state index contributed by atoms with van der Waals surface area (Å²) in [6.45, 7) is 1.65. The molecular formula is C20H16FNO5S. The fourth-order valence-electron chi connectivity index (χ4n) is 3.05. The van der Waals surface area contributed by atoms with Crippen molar-refractivity contribution in [1.29, 1.82) is 0 Å². The zero-order chi connectivity index (χ0) is 20.6. The Balaban J connectivity index is 2.30. The molecule has 28 heavy (non-hydrogen) atoms. The van der Waals surface area contributed by atoms with Gasteiger partial charge in [0.05, 0.1) is 11.3 Å². The van der Waals surface area contributed by atoms with Crippen LogP contribution in [0.3, 0.4) is 0 Å². The third kappa shape index (κ3) is 3.92. The van der Waals surface area contributed by atoms with Crippen LogP contribution in [0.4, 0.5) is 4.39 Å². The van der Waals surface area contributed by atoms with Gasteiger partial charge < -0.3 is 5.11 Å². The lowest BCUT2D eigenvalue weighted by atomic mass is 9.93. The fraction of sp³-hybridized carbons (Fsp3) is 0.100. The van der Waals surface area contributed by atoms with Crippen LogP contribution in [-0.2, 0) is 21.2 Å². The zero-order valence-electron chi connectivity index (χ0n) is 14.8. The highest BCUT2D eigenvalue weighted by molar-refractivity contribution is 7.89. The second-order valence-electron chi connectivity index (χ2n) is 6.45. The number of aliphatic carboxylic acids is 1. The standard InChI is InChI=1S/C20H16FNO5S/c1-11-2-5-15(18(6-11)28(22,26)27)20(25)17-8-12(9-19(23)24)7-13-3-4-14(21)10-16(13)17/h2-8,10H,9H2,1H3,(H,23,24)(H2,22,26,27). The van der Waals surface area contributed by atoms with Gasteiger partial charge in [-0.3, -0.25) is 9.59 Å². The van der Waals surface area contributed by atoms with Crippen molar-refractivity contribution in [2.45, 2.75) is 18.2 Å². The van der Waals surface area contributed by atoms with Crippen molar-refractivity contribution < 1.29 is 27.5 Å². The molecule has 3 rings (SSSR count). The lowest BCUT2D eigenvalue weighted by molar-refractivity contribution is -0.136. The number of halogens is 1. The van der Waals surface area contributed by atoms with Gasteiger partial charge in [-0.05, 0) is 59.2 Å². The summed E-state index contributed by atoms with van der Waals surface area (Å²) in [6.07, 6.45) is -0.344. The van der Waals surface area contributed by atoms with E-state index in [-0.39, 0.29) is 27.8 Å². The number of rotatable bonds is 5. The van der Waals surface area contributed by atoms with Gasteiger partial charge in [0.2, 0.25) is 10.0 Å². The van der Waals surface area contributed by atoms with Crippen LogP contribution in [0.25, 0.3) is 10.8 Å². The Morgan fingerprint density at radius 3 is 2.39 bits per heavy atom. The van der Waals surface area contributed by atoms with Crippen molar-refractivity contribution >= 4 is 32.5 Å². The smallest absolute Gasteiger partial charge is 0.307 e. The summed E-state index contributed by atoms with van der Waals surface area (Å²) in [5, 5.41) is 15.0. The number of sulfonamides is 1. The molecule has 0 aliphatic rings. The average molecular weight is 401 g/mol. The second kappa shape index (κ2) is 7.14. The highest BCUT2D eigenvalue weighted by atomic mass is 32.2. The van der Waals surface area contributed by atoms with Gasteiger partial charge in [-0.1, -0.05) is 18.2 Å². The fourth-order valence-corrected chi connectivity index (χ4v) is 3.87. The number of carboxylic acid groups (broad SMARTS) is 1. The number of aryl methyl sites for hydroxylation is 1. The van der Waals surface area contributed by atoms with E-state index in [1.54, 1.807) is 19.1 Å². The van der Waals surface area contributed by atoms with Gasteiger partial charge in [0, 0.05) is 11.1 Å². The summed E-state index contributed by atoms with van der Waals surface area (Å²) in [5.74, 6) is -2.37. The first-order valence-electron chi connectivity index (χ1n) is 8.18. The predicted molar refractivity (Wildman–Crippen MR) is 101 cm³/mol. The number of ketones is 1. The molecule has 0 atom stereocenters. The van der Waals surface area contributed by atoms with Crippen LogP contribution in [-0.4, -0.2) is 25.3 Å². The first kappa shape index (κ1) is 19.7. The van der Waals surface area contributed by atoms with Crippen LogP contribution in [0, 0.1) is 12.7 Å². The molecule has 144 valence electrons. The molecule has 6 nitrogen and oxygen atoms in total. The number of carboxylic acids is 1. The molecule has 3 aromatic rings. The van der Waals surface area contributed by atoms with Gasteiger partial charge in [-0.2, -0.15) is 0 Å². The van der Waals surface area contributed by atoms with Gasteiger partial charge in [-0.25, -0.2) is 17.9 Å². The summed E-state index contributed by atoms with van der Waals surface area (Å²) in [4.78, 5) is 23.9. The number of primary sulfonamides is 1. The SMILES string of the molecule is Cc1ccc(C(=O)c2cc(CC(=O)O)cc3ccc(F)cc23)c(S(N)(=O)=O)c1. The molecule has 0 radical (unpaired) electrons. The average Bonchev–Trinajstić information content (AvgIpc) is 2.59. The van der Waals surface area contributed by atoms with Crippen molar-refractivity contribution in [3.8, 4) is 0 Å². The number of fused-ring (bicyclic) bond motifs is 1. The minimum absolute atomic E-state index is 0.00185. The van der Waals surface area contributed by atoms with E-state index in [0.717, 1.165) is 6.07 Å². The van der Waals surface area contributed by atoms with Crippen molar-refractivity contribution in [3.63, 3.8) is 0 Å². The van der Waals surface area contributed by atoms with Crippen LogP contribution >= 0.6 is 0 Å². The predicted octanol–water partition coefficient (Wildman–Crippen LogP) is 2.79. The van der Waals surface area contributed by atoms with Crippen molar-refractivity contribution in [3.05, 3.63) is 76.6 Å². The normalized spacial score (nSPS) is 11.5. The molecule has 3 aromatic carbocycles. The molecule has 0 heterocycles. The van der Waals surface area contributed by atoms with E-state index in [9.17, 15) is 22.4 Å². The molecule has 0 saturated heterocycles. The lowest BCUT2D eigenvalue weighted by Gasteiger charge is -2.12. The van der Waals surface area contributed by atoms with Gasteiger partial charge >= 0.3 is 5.97 Å². The molecule has 0 bridgehead atoms. The quantitative estimate of drug-likeness (QED) is 0.638. The van der Waals surface area contributed by atoms with Crippen LogP contribution in [0.15, 0.2) is 53.4 Å². The topological polar surface area (TPSA) is 115 Å². The largest absolute Gasteiger partial charge is 0.481 e. The van der Waals surface area contributed by atoms with Gasteiger partial charge in [0.25, 0.3) is 0 Å². The molecule has 8 heteroatoms. The van der Waals surface area contributed by atoms with Gasteiger partial charge in [-0.15, -0.1) is 0 Å². The molecule has 0 fully saturated rings. The number of carbonyl (C=O) groups is 2. The minimum atomic E-state index is -4.19. The van der Waals surface area contributed by atoms with E-state index in [1.165, 1.54) is 30.3 Å². The lowest BCUT2D eigenvalue weighted by Crippen LogP contribution is -2.18. The van der Waals surface area contributed by atoms with E-state index in [4.69, 9.17) is 10.2 Å². The molecular weight excluding hydrogens is 385 g/mol. The van der Waals surface area contributed by atoms with E-state index < -0.39 is 27.6 Å². The number of carbonyl (C=O) groups excluding carboxylic acids is 1. The summed E-state index contributed by atoms with van der Waals surface area (Å²) in [5.41, 5.74) is 0.767. The van der Waals surface area contributed by atoms with Crippen LogP contribution in [0.2, 0.25) is 0 Å². The molecule has 0 amide bonds. The monoisotopic (exact) mass is 401 g/mol. The van der Waals surface area contributed by atoms with Crippen molar-refractivity contribution in [2.24, 2.45) is 5.14 Å². The first-order chi connectivity index (χ1) is 13.1. The first-order valence-corrected chi connectivity index (χ1v) is 9.73. The Morgan fingerprint density at radius 1 is 1.04 bits per heavy atom. The zero-order valence-corrected chi connectivity index (χ0v) is 15.6. The van der Waals surface area contributed by atoms with E-state index in [1.807, 2.05) is 0 Å². The molecule has 0 unspecified atom stereocenters.